The summed E-state index contributed by atoms with van der Waals surface area (Å²) in [6.07, 6.45) is 2.69. The Balaban J connectivity index is 1.34. The van der Waals surface area contributed by atoms with Crippen LogP contribution < -0.4 is 15.8 Å². The fourth-order valence-corrected chi connectivity index (χ4v) is 3.78. The summed E-state index contributed by atoms with van der Waals surface area (Å²) in [5, 5.41) is 2.97. The minimum Gasteiger partial charge on any atom is -0.493 e. The van der Waals surface area contributed by atoms with Crippen molar-refractivity contribution >= 4 is 5.91 Å². The number of benzene rings is 2. The number of carbonyl (C=O) groups is 1. The van der Waals surface area contributed by atoms with Crippen molar-refractivity contribution in [3.05, 3.63) is 53.6 Å². The van der Waals surface area contributed by atoms with Crippen LogP contribution in [0.2, 0.25) is 0 Å². The van der Waals surface area contributed by atoms with Gasteiger partial charge in [0.2, 0.25) is 5.91 Å². The highest BCUT2D eigenvalue weighted by molar-refractivity contribution is 5.81. The first kappa shape index (κ1) is 18.0. The Morgan fingerprint density at radius 3 is 2.59 bits per heavy atom. The highest BCUT2D eigenvalue weighted by Crippen LogP contribution is 2.30. The third-order valence-corrected chi connectivity index (χ3v) is 5.52. The van der Waals surface area contributed by atoms with Crippen molar-refractivity contribution in [1.82, 2.24) is 5.32 Å². The quantitative estimate of drug-likeness (QED) is 0.853. The topological polar surface area (TPSA) is 73.6 Å². The largest absolute Gasteiger partial charge is 0.493 e. The van der Waals surface area contributed by atoms with Crippen molar-refractivity contribution in [1.29, 1.82) is 0 Å². The number of carbonyl (C=O) groups excluding carboxylic acids is 1. The van der Waals surface area contributed by atoms with Gasteiger partial charge in [0.1, 0.15) is 5.75 Å². The second-order valence-electron chi connectivity index (χ2n) is 7.31. The second kappa shape index (κ2) is 8.11. The molecule has 3 N–H and O–H groups in total. The van der Waals surface area contributed by atoms with Crippen LogP contribution in [-0.4, -0.2) is 31.8 Å². The summed E-state index contributed by atoms with van der Waals surface area (Å²) in [6, 6.07) is 14.2. The lowest BCUT2D eigenvalue weighted by Gasteiger charge is -2.26. The fourth-order valence-electron chi connectivity index (χ4n) is 3.78. The summed E-state index contributed by atoms with van der Waals surface area (Å²) in [4.78, 5) is 12.3. The van der Waals surface area contributed by atoms with E-state index in [0.717, 1.165) is 37.2 Å². The Kier molecular flexibility index (Phi) is 5.41. The molecule has 5 nitrogen and oxygen atoms in total. The van der Waals surface area contributed by atoms with Crippen molar-refractivity contribution in [2.75, 3.05) is 19.8 Å². The van der Waals surface area contributed by atoms with Crippen LogP contribution >= 0.6 is 0 Å². The van der Waals surface area contributed by atoms with E-state index in [1.807, 2.05) is 6.07 Å². The van der Waals surface area contributed by atoms with E-state index < -0.39 is 6.04 Å². The zero-order valence-electron chi connectivity index (χ0n) is 15.4. The van der Waals surface area contributed by atoms with Crippen LogP contribution in [0.1, 0.15) is 24.0 Å². The maximum absolute atomic E-state index is 12.3. The smallest absolute Gasteiger partial charge is 0.237 e. The first-order valence-electron chi connectivity index (χ1n) is 9.67. The SMILES string of the molecule is NC(C(=O)NCc1ccc(-c2ccc3c(c2)CCO3)cc1)C1CCOCC1. The van der Waals surface area contributed by atoms with Gasteiger partial charge in [-0.15, -0.1) is 0 Å². The minimum atomic E-state index is -0.457. The second-order valence-corrected chi connectivity index (χ2v) is 7.31. The van der Waals surface area contributed by atoms with Crippen molar-refractivity contribution in [3.63, 3.8) is 0 Å². The molecular weight excluding hydrogens is 340 g/mol. The third kappa shape index (κ3) is 4.15. The zero-order chi connectivity index (χ0) is 18.6. The van der Waals surface area contributed by atoms with Crippen LogP contribution in [-0.2, 0) is 22.5 Å². The predicted octanol–water partition coefficient (Wildman–Crippen LogP) is 2.66. The van der Waals surface area contributed by atoms with Crippen LogP contribution in [0.5, 0.6) is 5.75 Å². The molecule has 1 fully saturated rings. The minimum absolute atomic E-state index is 0.0791. The van der Waals surface area contributed by atoms with E-state index in [-0.39, 0.29) is 11.8 Å². The highest BCUT2D eigenvalue weighted by atomic mass is 16.5. The van der Waals surface area contributed by atoms with E-state index in [4.69, 9.17) is 15.2 Å². The van der Waals surface area contributed by atoms with E-state index >= 15 is 0 Å². The number of nitrogens with one attached hydrogen (secondary N) is 1. The van der Waals surface area contributed by atoms with Gasteiger partial charge in [0.25, 0.3) is 0 Å². The Morgan fingerprint density at radius 1 is 1.07 bits per heavy atom. The molecule has 0 bridgehead atoms. The molecule has 2 aliphatic rings. The standard InChI is InChI=1S/C22H26N2O3/c23-21(17-7-10-26-11-8-17)22(25)24-14-15-1-3-16(4-2-15)18-5-6-20-19(13-18)9-12-27-20/h1-6,13,17,21H,7-12,14,23H2,(H,24,25). The maximum atomic E-state index is 12.3. The number of ether oxygens (including phenoxy) is 2. The molecule has 4 rings (SSSR count). The van der Waals surface area contributed by atoms with Gasteiger partial charge in [-0.2, -0.15) is 0 Å². The van der Waals surface area contributed by atoms with Gasteiger partial charge in [0, 0.05) is 26.2 Å². The van der Waals surface area contributed by atoms with Gasteiger partial charge in [-0.05, 0) is 53.1 Å². The lowest BCUT2D eigenvalue weighted by atomic mass is 9.92. The molecule has 0 aliphatic carbocycles. The molecule has 2 aliphatic heterocycles. The molecule has 0 radical (unpaired) electrons. The number of rotatable bonds is 5. The monoisotopic (exact) mass is 366 g/mol. The van der Waals surface area contributed by atoms with Gasteiger partial charge in [-0.3, -0.25) is 4.79 Å². The van der Waals surface area contributed by atoms with Crippen molar-refractivity contribution in [2.24, 2.45) is 11.7 Å². The normalized spacial score (nSPS) is 17.8. The van der Waals surface area contributed by atoms with Gasteiger partial charge in [-0.1, -0.05) is 30.3 Å². The van der Waals surface area contributed by atoms with Gasteiger partial charge in [-0.25, -0.2) is 0 Å². The highest BCUT2D eigenvalue weighted by Gasteiger charge is 2.26. The molecular formula is C22H26N2O3. The number of fused-ring (bicyclic) bond motifs is 1. The third-order valence-electron chi connectivity index (χ3n) is 5.52. The molecule has 1 unspecified atom stereocenters. The van der Waals surface area contributed by atoms with E-state index in [1.54, 1.807) is 0 Å². The molecule has 27 heavy (non-hydrogen) atoms. The first-order chi connectivity index (χ1) is 13.2. The van der Waals surface area contributed by atoms with Crippen LogP contribution in [0.25, 0.3) is 11.1 Å². The summed E-state index contributed by atoms with van der Waals surface area (Å²) < 4.78 is 10.9. The Bertz CT molecular complexity index is 798. The van der Waals surface area contributed by atoms with Crippen LogP contribution in [0, 0.1) is 5.92 Å². The van der Waals surface area contributed by atoms with E-state index in [1.165, 1.54) is 16.7 Å². The number of hydrogen-bond donors (Lipinski definition) is 2. The number of nitrogens with two attached hydrogens (primary N) is 1. The summed E-state index contributed by atoms with van der Waals surface area (Å²) in [5.41, 5.74) is 10.8. The average molecular weight is 366 g/mol. The van der Waals surface area contributed by atoms with Gasteiger partial charge >= 0.3 is 0 Å². The number of amides is 1. The van der Waals surface area contributed by atoms with Gasteiger partial charge in [0.15, 0.2) is 0 Å². The maximum Gasteiger partial charge on any atom is 0.237 e. The summed E-state index contributed by atoms with van der Waals surface area (Å²) in [5.74, 6) is 1.13. The summed E-state index contributed by atoms with van der Waals surface area (Å²) in [7, 11) is 0. The summed E-state index contributed by atoms with van der Waals surface area (Å²) in [6.45, 7) is 2.66. The molecule has 2 aromatic rings. The predicted molar refractivity (Wildman–Crippen MR) is 104 cm³/mol. The molecule has 1 atom stereocenters. The molecule has 1 amide bonds. The van der Waals surface area contributed by atoms with E-state index in [9.17, 15) is 4.79 Å². The lowest BCUT2D eigenvalue weighted by molar-refractivity contribution is -0.124. The Morgan fingerprint density at radius 2 is 1.81 bits per heavy atom. The molecule has 0 saturated carbocycles. The van der Waals surface area contributed by atoms with Crippen molar-refractivity contribution in [2.45, 2.75) is 31.8 Å². The van der Waals surface area contributed by atoms with Crippen LogP contribution in [0.15, 0.2) is 42.5 Å². The first-order valence-corrected chi connectivity index (χ1v) is 9.67. The molecule has 2 heterocycles. The zero-order valence-corrected chi connectivity index (χ0v) is 15.4. The molecule has 5 heteroatoms. The lowest BCUT2D eigenvalue weighted by Crippen LogP contribution is -2.46. The molecule has 1 saturated heterocycles. The fraction of sp³-hybridized carbons (Fsp3) is 0.409. The molecule has 0 aromatic heterocycles. The number of hydrogen-bond acceptors (Lipinski definition) is 4. The van der Waals surface area contributed by atoms with Gasteiger partial charge < -0.3 is 20.5 Å². The average Bonchev–Trinajstić information content (AvgIpc) is 3.20. The molecule has 0 spiro atoms. The summed E-state index contributed by atoms with van der Waals surface area (Å²) >= 11 is 0. The van der Waals surface area contributed by atoms with E-state index in [0.29, 0.717) is 19.8 Å². The molecule has 2 aromatic carbocycles. The van der Waals surface area contributed by atoms with Crippen molar-refractivity contribution in [3.8, 4) is 16.9 Å². The van der Waals surface area contributed by atoms with Crippen LogP contribution in [0.3, 0.4) is 0 Å². The van der Waals surface area contributed by atoms with Gasteiger partial charge in [0.05, 0.1) is 12.6 Å². The molecule has 142 valence electrons. The Hall–Kier alpha value is -2.37. The van der Waals surface area contributed by atoms with E-state index in [2.05, 4.69) is 41.7 Å². The Labute approximate surface area is 159 Å². The van der Waals surface area contributed by atoms with Crippen molar-refractivity contribution < 1.29 is 14.3 Å². The van der Waals surface area contributed by atoms with Crippen LogP contribution in [0.4, 0.5) is 0 Å².